The topological polar surface area (TPSA) is 58.2 Å². The molecule has 0 atom stereocenters. The number of nitrogens with one attached hydrogen (secondary N) is 1. The van der Waals surface area contributed by atoms with Crippen molar-refractivity contribution in [1.29, 1.82) is 0 Å². The Hall–Kier alpha value is -2.14. The van der Waals surface area contributed by atoms with Gasteiger partial charge in [0.1, 0.15) is 0 Å². The summed E-state index contributed by atoms with van der Waals surface area (Å²) in [5.74, 6) is 1.43. The maximum Gasteiger partial charge on any atom is 0.251 e. The normalized spacial score (nSPS) is 16.2. The zero-order valence-electron chi connectivity index (χ0n) is 14.2. The Labute approximate surface area is 142 Å². The highest BCUT2D eigenvalue weighted by molar-refractivity contribution is 5.25. The van der Waals surface area contributed by atoms with Crippen LogP contribution in [0.5, 0.6) is 5.88 Å². The van der Waals surface area contributed by atoms with Crippen molar-refractivity contribution < 1.29 is 4.74 Å². The van der Waals surface area contributed by atoms with Crippen LogP contribution in [0.4, 0.5) is 0 Å². The first kappa shape index (κ1) is 16.7. The van der Waals surface area contributed by atoms with Gasteiger partial charge in [-0.1, -0.05) is 12.1 Å². The first-order chi connectivity index (χ1) is 11.8. The van der Waals surface area contributed by atoms with Crippen LogP contribution in [0.2, 0.25) is 0 Å². The van der Waals surface area contributed by atoms with Crippen LogP contribution in [0.3, 0.4) is 0 Å². The molecule has 0 saturated carbocycles. The Kier molecular flexibility index (Phi) is 5.64. The first-order valence-corrected chi connectivity index (χ1v) is 8.63. The lowest BCUT2D eigenvalue weighted by Crippen LogP contribution is -2.33. The van der Waals surface area contributed by atoms with Crippen LogP contribution in [0.15, 0.2) is 41.5 Å². The molecule has 0 amide bonds. The molecule has 0 aromatic carbocycles. The standard InChI is InChI=1S/C19H25N3O2/c1-24-19-17(5-3-11-21-19)14-22-12-8-15(9-13-22)6-7-16-4-2-10-20-18(16)23/h2-5,10-11,15H,6-9,12-14H2,1H3,(H,20,23). The molecule has 0 bridgehead atoms. The van der Waals surface area contributed by atoms with Crippen molar-refractivity contribution in [2.24, 2.45) is 5.92 Å². The Morgan fingerprint density at radius 2 is 2.04 bits per heavy atom. The van der Waals surface area contributed by atoms with E-state index >= 15 is 0 Å². The van der Waals surface area contributed by atoms with Gasteiger partial charge in [-0.15, -0.1) is 0 Å². The summed E-state index contributed by atoms with van der Waals surface area (Å²) in [5.41, 5.74) is 2.10. The molecule has 1 fully saturated rings. The predicted octanol–water partition coefficient (Wildman–Crippen LogP) is 2.62. The third-order valence-electron chi connectivity index (χ3n) is 4.87. The number of H-pyrrole nitrogens is 1. The number of hydrogen-bond acceptors (Lipinski definition) is 4. The molecule has 1 saturated heterocycles. The molecule has 2 aromatic rings. The molecule has 5 nitrogen and oxygen atoms in total. The van der Waals surface area contributed by atoms with E-state index in [4.69, 9.17) is 4.74 Å². The van der Waals surface area contributed by atoms with Gasteiger partial charge in [-0.2, -0.15) is 0 Å². The summed E-state index contributed by atoms with van der Waals surface area (Å²) in [4.78, 5) is 21.2. The van der Waals surface area contributed by atoms with Crippen LogP contribution in [-0.2, 0) is 13.0 Å². The summed E-state index contributed by atoms with van der Waals surface area (Å²) in [6, 6.07) is 7.88. The zero-order valence-corrected chi connectivity index (χ0v) is 14.2. The second-order valence-corrected chi connectivity index (χ2v) is 6.45. The SMILES string of the molecule is COc1ncccc1CN1CCC(CCc2ccc[nH]c2=O)CC1. The predicted molar refractivity (Wildman–Crippen MR) is 94.2 cm³/mol. The molecule has 5 heteroatoms. The molecule has 3 rings (SSSR count). The summed E-state index contributed by atoms with van der Waals surface area (Å²) in [5, 5.41) is 0. The summed E-state index contributed by atoms with van der Waals surface area (Å²) < 4.78 is 5.34. The fraction of sp³-hybridized carbons (Fsp3) is 0.474. The summed E-state index contributed by atoms with van der Waals surface area (Å²) >= 11 is 0. The molecule has 1 N–H and O–H groups in total. The number of pyridine rings is 2. The molecule has 0 spiro atoms. The molecule has 3 heterocycles. The average molecular weight is 327 g/mol. The van der Waals surface area contributed by atoms with Gasteiger partial charge in [-0.3, -0.25) is 9.69 Å². The highest BCUT2D eigenvalue weighted by atomic mass is 16.5. The lowest BCUT2D eigenvalue weighted by atomic mass is 9.90. The number of piperidine rings is 1. The number of rotatable bonds is 6. The Morgan fingerprint density at radius 1 is 1.25 bits per heavy atom. The van der Waals surface area contributed by atoms with Gasteiger partial charge in [0.2, 0.25) is 5.88 Å². The number of likely N-dealkylation sites (tertiary alicyclic amines) is 1. The van der Waals surface area contributed by atoms with E-state index in [2.05, 4.69) is 20.9 Å². The molecule has 1 aliphatic rings. The molecule has 0 radical (unpaired) electrons. The minimum atomic E-state index is 0.0543. The van der Waals surface area contributed by atoms with E-state index in [1.54, 1.807) is 19.5 Å². The van der Waals surface area contributed by atoms with E-state index in [1.807, 2.05) is 18.2 Å². The second-order valence-electron chi connectivity index (χ2n) is 6.45. The van der Waals surface area contributed by atoms with Crippen LogP contribution < -0.4 is 10.3 Å². The fourth-order valence-electron chi connectivity index (χ4n) is 3.42. The molecule has 0 aliphatic carbocycles. The lowest BCUT2D eigenvalue weighted by Gasteiger charge is -2.32. The molecule has 24 heavy (non-hydrogen) atoms. The number of ether oxygens (including phenoxy) is 1. The second kappa shape index (κ2) is 8.11. The van der Waals surface area contributed by atoms with E-state index in [0.717, 1.165) is 49.5 Å². The van der Waals surface area contributed by atoms with Crippen LogP contribution in [0.25, 0.3) is 0 Å². The van der Waals surface area contributed by atoms with E-state index in [9.17, 15) is 4.79 Å². The van der Waals surface area contributed by atoms with Crippen LogP contribution in [-0.4, -0.2) is 35.1 Å². The largest absolute Gasteiger partial charge is 0.481 e. The van der Waals surface area contributed by atoms with Crippen molar-refractivity contribution in [3.8, 4) is 5.88 Å². The van der Waals surface area contributed by atoms with Crippen LogP contribution in [0.1, 0.15) is 30.4 Å². The van der Waals surface area contributed by atoms with E-state index in [0.29, 0.717) is 5.92 Å². The van der Waals surface area contributed by atoms with Crippen LogP contribution in [0, 0.1) is 5.92 Å². The highest BCUT2D eigenvalue weighted by Crippen LogP contribution is 2.24. The van der Waals surface area contributed by atoms with E-state index in [-0.39, 0.29) is 5.56 Å². The minimum Gasteiger partial charge on any atom is -0.481 e. The summed E-state index contributed by atoms with van der Waals surface area (Å²) in [6.07, 6.45) is 7.80. The van der Waals surface area contributed by atoms with E-state index in [1.165, 1.54) is 12.8 Å². The van der Waals surface area contributed by atoms with Gasteiger partial charge in [-0.25, -0.2) is 4.98 Å². The van der Waals surface area contributed by atoms with Crippen molar-refractivity contribution in [1.82, 2.24) is 14.9 Å². The number of aryl methyl sites for hydroxylation is 1. The molecule has 1 aliphatic heterocycles. The van der Waals surface area contributed by atoms with E-state index < -0.39 is 0 Å². The van der Waals surface area contributed by atoms with Gasteiger partial charge in [0.15, 0.2) is 0 Å². The maximum atomic E-state index is 11.7. The van der Waals surface area contributed by atoms with Gasteiger partial charge in [0, 0.05) is 30.1 Å². The highest BCUT2D eigenvalue weighted by Gasteiger charge is 2.20. The van der Waals surface area contributed by atoms with Crippen molar-refractivity contribution in [3.63, 3.8) is 0 Å². The minimum absolute atomic E-state index is 0.0543. The molecule has 128 valence electrons. The zero-order chi connectivity index (χ0) is 16.8. The van der Waals surface area contributed by atoms with Gasteiger partial charge in [0.05, 0.1) is 7.11 Å². The van der Waals surface area contributed by atoms with Crippen LogP contribution >= 0.6 is 0 Å². The van der Waals surface area contributed by atoms with Crippen molar-refractivity contribution in [2.45, 2.75) is 32.2 Å². The number of aromatic nitrogens is 2. The number of methoxy groups -OCH3 is 1. The maximum absolute atomic E-state index is 11.7. The Balaban J connectivity index is 1.47. The number of nitrogens with zero attached hydrogens (tertiary/aromatic N) is 2. The average Bonchev–Trinajstić information content (AvgIpc) is 2.63. The monoisotopic (exact) mass is 327 g/mol. The molecular weight excluding hydrogens is 302 g/mol. The Morgan fingerprint density at radius 3 is 2.79 bits per heavy atom. The number of aromatic amines is 1. The quantitative estimate of drug-likeness (QED) is 0.886. The fourth-order valence-corrected chi connectivity index (χ4v) is 3.42. The van der Waals surface area contributed by atoms with Crippen molar-refractivity contribution in [3.05, 3.63) is 58.1 Å². The summed E-state index contributed by atoms with van der Waals surface area (Å²) in [6.45, 7) is 3.07. The van der Waals surface area contributed by atoms with Crippen molar-refractivity contribution >= 4 is 0 Å². The van der Waals surface area contributed by atoms with Gasteiger partial charge < -0.3 is 9.72 Å². The van der Waals surface area contributed by atoms with Gasteiger partial charge >= 0.3 is 0 Å². The Bertz CT molecular complexity index is 706. The molecule has 2 aromatic heterocycles. The van der Waals surface area contributed by atoms with Crippen molar-refractivity contribution in [2.75, 3.05) is 20.2 Å². The molecular formula is C19H25N3O2. The van der Waals surface area contributed by atoms with Gasteiger partial charge in [-0.05, 0) is 56.8 Å². The lowest BCUT2D eigenvalue weighted by molar-refractivity contribution is 0.170. The summed E-state index contributed by atoms with van der Waals surface area (Å²) in [7, 11) is 1.67. The third-order valence-corrected chi connectivity index (χ3v) is 4.87. The third kappa shape index (κ3) is 4.23. The van der Waals surface area contributed by atoms with Gasteiger partial charge in [0.25, 0.3) is 5.56 Å². The number of hydrogen-bond donors (Lipinski definition) is 1. The smallest absolute Gasteiger partial charge is 0.251 e. The molecule has 0 unspecified atom stereocenters. The first-order valence-electron chi connectivity index (χ1n) is 8.63.